The van der Waals surface area contributed by atoms with Gasteiger partial charge in [0.25, 0.3) is 0 Å². The molecule has 1 heterocycles. The topological polar surface area (TPSA) is 29.5 Å². The van der Waals surface area contributed by atoms with Gasteiger partial charge >= 0.3 is 0 Å². The molecular formula is C17H26O2. The summed E-state index contributed by atoms with van der Waals surface area (Å²) in [5.41, 5.74) is 2.08. The van der Waals surface area contributed by atoms with Gasteiger partial charge in [0.05, 0.1) is 16.8 Å². The first-order valence-corrected chi connectivity index (χ1v) is 7.03. The summed E-state index contributed by atoms with van der Waals surface area (Å²) in [5, 5.41) is 11.1. The Hall–Kier alpha value is -0.860. The maximum absolute atomic E-state index is 11.1. The van der Waals surface area contributed by atoms with Crippen molar-refractivity contribution in [1.29, 1.82) is 0 Å². The number of hydrogen-bond acceptors (Lipinski definition) is 2. The minimum absolute atomic E-state index is 0.267. The second-order valence-electron chi connectivity index (χ2n) is 7.25. The van der Waals surface area contributed by atoms with Gasteiger partial charge in [0.15, 0.2) is 0 Å². The predicted molar refractivity (Wildman–Crippen MR) is 78.4 cm³/mol. The van der Waals surface area contributed by atoms with E-state index in [1.54, 1.807) is 0 Å². The van der Waals surface area contributed by atoms with Crippen molar-refractivity contribution in [3.63, 3.8) is 0 Å². The van der Waals surface area contributed by atoms with Crippen molar-refractivity contribution < 1.29 is 9.84 Å². The Morgan fingerprint density at radius 1 is 1.05 bits per heavy atom. The van der Waals surface area contributed by atoms with E-state index in [0.29, 0.717) is 12.8 Å². The van der Waals surface area contributed by atoms with Crippen molar-refractivity contribution in [2.75, 3.05) is 0 Å². The Labute approximate surface area is 116 Å². The number of ether oxygens (including phenoxy) is 1. The van der Waals surface area contributed by atoms with Gasteiger partial charge in [0, 0.05) is 12.8 Å². The standard InChI is InChI=1S/C17H26O2/c1-12-7-13(2)9-14(8-12)10-17(18)11-15(3,4)19-16(17,5)6/h7-9,18H,10-11H2,1-6H3. The molecule has 1 aliphatic rings. The van der Waals surface area contributed by atoms with Crippen molar-refractivity contribution in [3.8, 4) is 0 Å². The minimum Gasteiger partial charge on any atom is -0.386 e. The van der Waals surface area contributed by atoms with Crippen molar-refractivity contribution in [1.82, 2.24) is 0 Å². The average Bonchev–Trinajstić information content (AvgIpc) is 2.26. The van der Waals surface area contributed by atoms with E-state index >= 15 is 0 Å². The molecular weight excluding hydrogens is 236 g/mol. The number of benzene rings is 1. The molecule has 0 aromatic heterocycles. The second kappa shape index (κ2) is 4.32. The van der Waals surface area contributed by atoms with Gasteiger partial charge in [0.2, 0.25) is 0 Å². The maximum Gasteiger partial charge on any atom is 0.0998 e. The molecule has 2 heteroatoms. The fourth-order valence-corrected chi connectivity index (χ4v) is 3.52. The van der Waals surface area contributed by atoms with Gasteiger partial charge in [-0.25, -0.2) is 0 Å². The third-order valence-electron chi connectivity index (χ3n) is 4.15. The van der Waals surface area contributed by atoms with Crippen LogP contribution in [0.4, 0.5) is 0 Å². The van der Waals surface area contributed by atoms with E-state index in [1.807, 2.05) is 27.7 Å². The van der Waals surface area contributed by atoms with Crippen molar-refractivity contribution in [2.45, 2.75) is 71.2 Å². The van der Waals surface area contributed by atoms with Crippen LogP contribution in [0.2, 0.25) is 0 Å². The van der Waals surface area contributed by atoms with E-state index < -0.39 is 11.2 Å². The summed E-state index contributed by atoms with van der Waals surface area (Å²) in [5.74, 6) is 0. The Bertz CT molecular complexity index is 468. The summed E-state index contributed by atoms with van der Waals surface area (Å²) in [4.78, 5) is 0. The molecule has 1 saturated heterocycles. The van der Waals surface area contributed by atoms with E-state index in [4.69, 9.17) is 4.74 Å². The zero-order chi connectivity index (χ0) is 14.5. The summed E-state index contributed by atoms with van der Waals surface area (Å²) in [6.07, 6.45) is 1.31. The van der Waals surface area contributed by atoms with E-state index in [9.17, 15) is 5.11 Å². The number of aryl methyl sites for hydroxylation is 2. The fraction of sp³-hybridized carbons (Fsp3) is 0.647. The molecule has 2 nitrogen and oxygen atoms in total. The lowest BCUT2D eigenvalue weighted by molar-refractivity contribution is -0.125. The molecule has 0 saturated carbocycles. The third-order valence-corrected chi connectivity index (χ3v) is 4.15. The molecule has 0 bridgehead atoms. The molecule has 1 unspecified atom stereocenters. The van der Waals surface area contributed by atoms with Crippen molar-refractivity contribution in [3.05, 3.63) is 34.9 Å². The highest BCUT2D eigenvalue weighted by Gasteiger charge is 2.56. The van der Waals surface area contributed by atoms with Crippen LogP contribution in [0.1, 0.15) is 50.8 Å². The van der Waals surface area contributed by atoms with Gasteiger partial charge < -0.3 is 9.84 Å². The van der Waals surface area contributed by atoms with E-state index in [2.05, 4.69) is 32.0 Å². The smallest absolute Gasteiger partial charge is 0.0998 e. The number of rotatable bonds is 2. The number of hydrogen-bond donors (Lipinski definition) is 1. The lowest BCUT2D eigenvalue weighted by Gasteiger charge is -2.35. The van der Waals surface area contributed by atoms with Crippen LogP contribution in [0, 0.1) is 13.8 Å². The molecule has 1 aromatic carbocycles. The first-order chi connectivity index (χ1) is 8.53. The highest BCUT2D eigenvalue weighted by Crippen LogP contribution is 2.46. The fourth-order valence-electron chi connectivity index (χ4n) is 3.52. The molecule has 1 aromatic rings. The monoisotopic (exact) mass is 262 g/mol. The van der Waals surface area contributed by atoms with Gasteiger partial charge in [-0.2, -0.15) is 0 Å². The molecule has 1 N–H and O–H groups in total. The summed E-state index contributed by atoms with van der Waals surface area (Å²) < 4.78 is 6.03. The summed E-state index contributed by atoms with van der Waals surface area (Å²) in [7, 11) is 0. The molecule has 0 amide bonds. The van der Waals surface area contributed by atoms with Crippen molar-refractivity contribution in [2.24, 2.45) is 0 Å². The zero-order valence-corrected chi connectivity index (χ0v) is 13.0. The minimum atomic E-state index is -0.809. The van der Waals surface area contributed by atoms with Crippen LogP contribution in [0.25, 0.3) is 0 Å². The highest BCUT2D eigenvalue weighted by atomic mass is 16.5. The van der Waals surface area contributed by atoms with E-state index in [0.717, 1.165) is 0 Å². The molecule has 1 fully saturated rings. The van der Waals surface area contributed by atoms with Crippen LogP contribution in [-0.4, -0.2) is 21.9 Å². The van der Waals surface area contributed by atoms with Crippen LogP contribution in [0.5, 0.6) is 0 Å². The van der Waals surface area contributed by atoms with Crippen LogP contribution in [-0.2, 0) is 11.2 Å². The summed E-state index contributed by atoms with van der Waals surface area (Å²) in [6.45, 7) is 12.3. The lowest BCUT2D eigenvalue weighted by Crippen LogP contribution is -2.48. The molecule has 2 rings (SSSR count). The van der Waals surface area contributed by atoms with Crippen LogP contribution < -0.4 is 0 Å². The first-order valence-electron chi connectivity index (χ1n) is 7.03. The predicted octanol–water partition coefficient (Wildman–Crippen LogP) is 3.55. The Morgan fingerprint density at radius 2 is 1.58 bits per heavy atom. The third kappa shape index (κ3) is 2.85. The van der Waals surface area contributed by atoms with Crippen LogP contribution >= 0.6 is 0 Å². The summed E-state index contributed by atoms with van der Waals surface area (Å²) >= 11 is 0. The van der Waals surface area contributed by atoms with E-state index in [1.165, 1.54) is 16.7 Å². The second-order valence-corrected chi connectivity index (χ2v) is 7.25. The average molecular weight is 262 g/mol. The highest BCUT2D eigenvalue weighted by molar-refractivity contribution is 5.30. The molecule has 0 aliphatic carbocycles. The first kappa shape index (κ1) is 14.5. The molecule has 19 heavy (non-hydrogen) atoms. The van der Waals surface area contributed by atoms with Crippen LogP contribution in [0.15, 0.2) is 18.2 Å². The van der Waals surface area contributed by atoms with Gasteiger partial charge in [-0.1, -0.05) is 29.3 Å². The normalized spacial score (nSPS) is 28.6. The molecule has 1 atom stereocenters. The maximum atomic E-state index is 11.1. The lowest BCUT2D eigenvalue weighted by atomic mass is 9.78. The van der Waals surface area contributed by atoms with Gasteiger partial charge in [-0.05, 0) is 47.1 Å². The zero-order valence-electron chi connectivity index (χ0n) is 13.0. The quantitative estimate of drug-likeness (QED) is 0.883. The molecule has 1 aliphatic heterocycles. The van der Waals surface area contributed by atoms with Gasteiger partial charge in [-0.15, -0.1) is 0 Å². The van der Waals surface area contributed by atoms with E-state index in [-0.39, 0.29) is 5.60 Å². The number of aliphatic hydroxyl groups is 1. The van der Waals surface area contributed by atoms with Crippen LogP contribution in [0.3, 0.4) is 0 Å². The largest absolute Gasteiger partial charge is 0.386 e. The summed E-state index contributed by atoms with van der Waals surface area (Å²) in [6, 6.07) is 6.48. The molecule has 0 spiro atoms. The Morgan fingerprint density at radius 3 is 2.00 bits per heavy atom. The Balaban J connectivity index is 2.31. The molecule has 0 radical (unpaired) electrons. The van der Waals surface area contributed by atoms with Gasteiger partial charge in [0.1, 0.15) is 0 Å². The van der Waals surface area contributed by atoms with Gasteiger partial charge in [-0.3, -0.25) is 0 Å². The SMILES string of the molecule is Cc1cc(C)cc(CC2(O)CC(C)(C)OC2(C)C)c1. The Kier molecular flexibility index (Phi) is 3.31. The van der Waals surface area contributed by atoms with Crippen molar-refractivity contribution >= 4 is 0 Å². The molecule has 106 valence electrons.